The molecular weight excluding hydrogens is 468 g/mol. The Morgan fingerprint density at radius 1 is 1.00 bits per heavy atom. The Kier molecular flexibility index (Phi) is 7.42. The summed E-state index contributed by atoms with van der Waals surface area (Å²) in [6.45, 7) is 2.74. The highest BCUT2D eigenvalue weighted by molar-refractivity contribution is 5.83. The summed E-state index contributed by atoms with van der Waals surface area (Å²) in [5.41, 5.74) is 3.61. The molecule has 3 aromatic carbocycles. The second-order valence-electron chi connectivity index (χ2n) is 8.87. The first-order valence-corrected chi connectivity index (χ1v) is 12.4. The summed E-state index contributed by atoms with van der Waals surface area (Å²) < 4.78 is 16.9. The minimum Gasteiger partial charge on any atom is -0.482 e. The van der Waals surface area contributed by atoms with Gasteiger partial charge in [-0.05, 0) is 24.6 Å². The molecule has 1 aromatic heterocycles. The predicted molar refractivity (Wildman–Crippen MR) is 139 cm³/mol. The number of rotatable bonds is 9. The third-order valence-corrected chi connectivity index (χ3v) is 6.20. The lowest BCUT2D eigenvalue weighted by Gasteiger charge is -2.21. The standard InChI is InChI=1S/C30H28N2O5/c1-2-35-27(34)20-36-25-15-9-10-21(16-25)18-32-19-24(33)17-26(32)30-31-28(22-11-5-3-6-12-22)29(37-30)23-13-7-4-8-14-23/h3-16,26H,2,17-20H2,1H3/t26-/m0/s1. The second-order valence-corrected chi connectivity index (χ2v) is 8.87. The molecule has 1 aliphatic heterocycles. The molecule has 0 N–H and O–H groups in total. The third kappa shape index (κ3) is 5.78. The smallest absolute Gasteiger partial charge is 0.344 e. The number of oxazole rings is 1. The minimum absolute atomic E-state index is 0.139. The molecule has 0 radical (unpaired) electrons. The van der Waals surface area contributed by atoms with Gasteiger partial charge in [0, 0.05) is 24.1 Å². The van der Waals surface area contributed by atoms with Crippen molar-refractivity contribution in [2.45, 2.75) is 25.9 Å². The molecule has 0 saturated carbocycles. The van der Waals surface area contributed by atoms with Crippen LogP contribution in [0.15, 0.2) is 89.3 Å². The number of nitrogens with zero attached hydrogens (tertiary/aromatic N) is 2. The molecule has 1 saturated heterocycles. The van der Waals surface area contributed by atoms with Crippen molar-refractivity contribution >= 4 is 11.8 Å². The molecule has 1 atom stereocenters. The number of Topliss-reactive ketones (excluding diaryl/α,β-unsaturated/α-hetero) is 1. The number of ketones is 1. The number of hydrogen-bond acceptors (Lipinski definition) is 7. The molecule has 0 aliphatic carbocycles. The van der Waals surface area contributed by atoms with Gasteiger partial charge < -0.3 is 13.9 Å². The van der Waals surface area contributed by atoms with Crippen molar-refractivity contribution in [2.24, 2.45) is 0 Å². The largest absolute Gasteiger partial charge is 0.482 e. The lowest BCUT2D eigenvalue weighted by Crippen LogP contribution is -2.24. The second kappa shape index (κ2) is 11.2. The molecule has 0 unspecified atom stereocenters. The van der Waals surface area contributed by atoms with Gasteiger partial charge in [0.15, 0.2) is 12.4 Å². The van der Waals surface area contributed by atoms with Gasteiger partial charge in [0.25, 0.3) is 0 Å². The van der Waals surface area contributed by atoms with Gasteiger partial charge in [0.05, 0.1) is 19.2 Å². The molecule has 7 heteroatoms. The van der Waals surface area contributed by atoms with Gasteiger partial charge in [-0.1, -0.05) is 72.8 Å². The molecule has 1 fully saturated rings. The maximum atomic E-state index is 12.6. The van der Waals surface area contributed by atoms with Crippen LogP contribution in [0.1, 0.15) is 30.8 Å². The number of carbonyl (C=O) groups excluding carboxylic acids is 2. The first-order chi connectivity index (χ1) is 18.1. The van der Waals surface area contributed by atoms with Crippen molar-refractivity contribution in [3.63, 3.8) is 0 Å². The predicted octanol–water partition coefficient (Wildman–Crippen LogP) is 5.47. The van der Waals surface area contributed by atoms with E-state index in [2.05, 4.69) is 4.90 Å². The fourth-order valence-electron chi connectivity index (χ4n) is 4.52. The number of hydrogen-bond donors (Lipinski definition) is 0. The van der Waals surface area contributed by atoms with Crippen LogP contribution in [0.2, 0.25) is 0 Å². The van der Waals surface area contributed by atoms with Gasteiger partial charge >= 0.3 is 5.97 Å². The fraction of sp³-hybridized carbons (Fsp3) is 0.233. The molecule has 0 spiro atoms. The van der Waals surface area contributed by atoms with Crippen LogP contribution < -0.4 is 4.74 Å². The average molecular weight is 497 g/mol. The van der Waals surface area contributed by atoms with Crippen LogP contribution in [0.25, 0.3) is 22.6 Å². The average Bonchev–Trinajstić information content (AvgIpc) is 3.52. The van der Waals surface area contributed by atoms with Gasteiger partial charge in [-0.2, -0.15) is 0 Å². The van der Waals surface area contributed by atoms with E-state index < -0.39 is 5.97 Å². The zero-order chi connectivity index (χ0) is 25.6. The number of ether oxygens (including phenoxy) is 2. The highest BCUT2D eigenvalue weighted by Gasteiger charge is 2.36. The Hall–Kier alpha value is -4.23. The first-order valence-electron chi connectivity index (χ1n) is 12.4. The van der Waals surface area contributed by atoms with E-state index in [0.29, 0.717) is 43.5 Å². The summed E-state index contributed by atoms with van der Waals surface area (Å²) in [4.78, 5) is 31.2. The van der Waals surface area contributed by atoms with E-state index in [4.69, 9.17) is 18.9 Å². The maximum Gasteiger partial charge on any atom is 0.344 e. The Labute approximate surface area is 215 Å². The molecule has 4 aromatic rings. The van der Waals surface area contributed by atoms with Crippen LogP contribution in [-0.2, 0) is 20.9 Å². The van der Waals surface area contributed by atoms with Gasteiger partial charge in [-0.25, -0.2) is 9.78 Å². The molecule has 0 amide bonds. The van der Waals surface area contributed by atoms with E-state index in [-0.39, 0.29) is 18.4 Å². The van der Waals surface area contributed by atoms with Gasteiger partial charge in [-0.15, -0.1) is 0 Å². The molecule has 188 valence electrons. The Morgan fingerprint density at radius 2 is 1.73 bits per heavy atom. The molecule has 7 nitrogen and oxygen atoms in total. The van der Waals surface area contributed by atoms with Gasteiger partial charge in [0.2, 0.25) is 5.89 Å². The zero-order valence-corrected chi connectivity index (χ0v) is 20.6. The SMILES string of the molecule is CCOC(=O)COc1cccc(CN2CC(=O)C[C@H]2c2nc(-c3ccccc3)c(-c3ccccc3)o2)c1. The fourth-order valence-corrected chi connectivity index (χ4v) is 4.52. The molecule has 2 heterocycles. The van der Waals surface area contributed by atoms with Gasteiger partial charge in [-0.3, -0.25) is 9.69 Å². The Balaban J connectivity index is 1.41. The van der Waals surface area contributed by atoms with E-state index >= 15 is 0 Å². The quantitative estimate of drug-likeness (QED) is 0.284. The summed E-state index contributed by atoms with van der Waals surface area (Å²) in [6.07, 6.45) is 0.335. The number of benzene rings is 3. The first kappa shape index (κ1) is 24.5. The van der Waals surface area contributed by atoms with Gasteiger partial charge in [0.1, 0.15) is 17.2 Å². The minimum atomic E-state index is -0.412. The van der Waals surface area contributed by atoms with E-state index in [1.54, 1.807) is 13.0 Å². The highest BCUT2D eigenvalue weighted by atomic mass is 16.6. The van der Waals surface area contributed by atoms with E-state index in [9.17, 15) is 9.59 Å². The molecule has 0 bridgehead atoms. The van der Waals surface area contributed by atoms with Crippen molar-refractivity contribution in [2.75, 3.05) is 19.8 Å². The van der Waals surface area contributed by atoms with Crippen LogP contribution in [0.4, 0.5) is 0 Å². The number of carbonyl (C=O) groups is 2. The lowest BCUT2D eigenvalue weighted by atomic mass is 10.1. The molecule has 1 aliphatic rings. The van der Waals surface area contributed by atoms with Crippen molar-refractivity contribution in [3.8, 4) is 28.3 Å². The zero-order valence-electron chi connectivity index (χ0n) is 20.6. The molecule has 37 heavy (non-hydrogen) atoms. The van der Waals surface area contributed by atoms with E-state index in [1.165, 1.54) is 0 Å². The van der Waals surface area contributed by atoms with Crippen molar-refractivity contribution in [1.82, 2.24) is 9.88 Å². The summed E-state index contributed by atoms with van der Waals surface area (Å²) in [7, 11) is 0. The number of aromatic nitrogens is 1. The topological polar surface area (TPSA) is 81.9 Å². The van der Waals surface area contributed by atoms with E-state index in [1.807, 2.05) is 78.9 Å². The van der Waals surface area contributed by atoms with Crippen LogP contribution in [0.3, 0.4) is 0 Å². The summed E-state index contributed by atoms with van der Waals surface area (Å²) in [6, 6.07) is 27.0. The van der Waals surface area contributed by atoms with Crippen molar-refractivity contribution < 1.29 is 23.5 Å². The third-order valence-electron chi connectivity index (χ3n) is 6.20. The Morgan fingerprint density at radius 3 is 2.46 bits per heavy atom. The summed E-state index contributed by atoms with van der Waals surface area (Å²) in [5, 5.41) is 0. The highest BCUT2D eigenvalue weighted by Crippen LogP contribution is 2.38. The summed E-state index contributed by atoms with van der Waals surface area (Å²) >= 11 is 0. The summed E-state index contributed by atoms with van der Waals surface area (Å²) in [5.74, 6) is 1.51. The molecular formula is C30H28N2O5. The maximum absolute atomic E-state index is 12.6. The monoisotopic (exact) mass is 496 g/mol. The normalized spacial score (nSPS) is 15.6. The number of likely N-dealkylation sites (tertiary alicyclic amines) is 1. The van der Waals surface area contributed by atoms with Crippen LogP contribution in [-0.4, -0.2) is 41.4 Å². The van der Waals surface area contributed by atoms with Crippen LogP contribution in [0, 0.1) is 0 Å². The Bertz CT molecular complexity index is 1310. The molecule has 5 rings (SSSR count). The van der Waals surface area contributed by atoms with E-state index in [0.717, 1.165) is 22.4 Å². The number of esters is 1. The van der Waals surface area contributed by atoms with Crippen LogP contribution >= 0.6 is 0 Å². The van der Waals surface area contributed by atoms with Crippen molar-refractivity contribution in [1.29, 1.82) is 0 Å². The van der Waals surface area contributed by atoms with Crippen LogP contribution in [0.5, 0.6) is 5.75 Å². The van der Waals surface area contributed by atoms with Crippen molar-refractivity contribution in [3.05, 3.63) is 96.4 Å². The lowest BCUT2D eigenvalue weighted by molar-refractivity contribution is -0.145.